The standard InChI is InChI=1S/C18H24N2O3/c21-17-4-2-10-20(17)12-11-19-9-1-3-16(13-19)14-5-7-15(8-6-14)18(22)23/h5-8,16H,1-4,9-13H2,(H,22,23). The third kappa shape index (κ3) is 3.91. The van der Waals surface area contributed by atoms with Gasteiger partial charge in [-0.25, -0.2) is 4.79 Å². The van der Waals surface area contributed by atoms with Gasteiger partial charge in [0.2, 0.25) is 5.91 Å². The molecule has 124 valence electrons. The zero-order valence-electron chi connectivity index (χ0n) is 13.4. The van der Waals surface area contributed by atoms with Crippen molar-refractivity contribution in [1.29, 1.82) is 0 Å². The SMILES string of the molecule is O=C(O)c1ccc(C2CCCN(CCN3CCCC3=O)C2)cc1. The molecule has 2 saturated heterocycles. The number of carboxylic acid groups (broad SMARTS) is 1. The fourth-order valence-electron chi connectivity index (χ4n) is 3.63. The highest BCUT2D eigenvalue weighted by Crippen LogP contribution is 2.27. The smallest absolute Gasteiger partial charge is 0.335 e. The lowest BCUT2D eigenvalue weighted by Gasteiger charge is -2.34. The molecule has 0 aromatic heterocycles. The number of piperidine rings is 1. The Bertz CT molecular complexity index is 570. The van der Waals surface area contributed by atoms with Crippen LogP contribution in [0.15, 0.2) is 24.3 Å². The number of carbonyl (C=O) groups excluding carboxylic acids is 1. The Hall–Kier alpha value is -1.88. The molecule has 1 amide bonds. The molecule has 2 aliphatic heterocycles. The highest BCUT2D eigenvalue weighted by atomic mass is 16.4. The maximum atomic E-state index is 11.7. The van der Waals surface area contributed by atoms with Crippen LogP contribution in [-0.4, -0.2) is 59.5 Å². The van der Waals surface area contributed by atoms with Crippen molar-refractivity contribution in [2.75, 3.05) is 32.7 Å². The minimum Gasteiger partial charge on any atom is -0.478 e. The summed E-state index contributed by atoms with van der Waals surface area (Å²) in [6.45, 7) is 4.77. The van der Waals surface area contributed by atoms with Crippen LogP contribution in [0.1, 0.15) is 47.5 Å². The van der Waals surface area contributed by atoms with E-state index in [1.807, 2.05) is 17.0 Å². The Morgan fingerprint density at radius 1 is 1.13 bits per heavy atom. The van der Waals surface area contributed by atoms with Crippen molar-refractivity contribution >= 4 is 11.9 Å². The largest absolute Gasteiger partial charge is 0.478 e. The van der Waals surface area contributed by atoms with Crippen LogP contribution in [-0.2, 0) is 4.79 Å². The Morgan fingerprint density at radius 2 is 1.91 bits per heavy atom. The van der Waals surface area contributed by atoms with Crippen LogP contribution in [0.2, 0.25) is 0 Å². The van der Waals surface area contributed by atoms with Crippen LogP contribution in [0.4, 0.5) is 0 Å². The van der Waals surface area contributed by atoms with Crippen molar-refractivity contribution in [1.82, 2.24) is 9.80 Å². The Labute approximate surface area is 136 Å². The number of hydrogen-bond donors (Lipinski definition) is 1. The second kappa shape index (κ2) is 7.13. The molecule has 2 aliphatic rings. The summed E-state index contributed by atoms with van der Waals surface area (Å²) in [4.78, 5) is 27.0. The molecule has 1 aromatic rings. The first kappa shape index (κ1) is 16.0. The second-order valence-corrected chi connectivity index (χ2v) is 6.55. The molecular formula is C18H24N2O3. The molecule has 1 aromatic carbocycles. The van der Waals surface area contributed by atoms with Crippen molar-refractivity contribution in [3.05, 3.63) is 35.4 Å². The number of benzene rings is 1. The van der Waals surface area contributed by atoms with E-state index in [1.165, 1.54) is 5.56 Å². The first-order valence-corrected chi connectivity index (χ1v) is 8.47. The van der Waals surface area contributed by atoms with E-state index in [1.54, 1.807) is 12.1 Å². The summed E-state index contributed by atoms with van der Waals surface area (Å²) in [5.41, 5.74) is 1.56. The van der Waals surface area contributed by atoms with Crippen molar-refractivity contribution in [2.24, 2.45) is 0 Å². The van der Waals surface area contributed by atoms with Gasteiger partial charge in [0, 0.05) is 32.6 Å². The second-order valence-electron chi connectivity index (χ2n) is 6.55. The van der Waals surface area contributed by atoms with Gasteiger partial charge in [0.05, 0.1) is 5.56 Å². The number of aromatic carboxylic acids is 1. The topological polar surface area (TPSA) is 60.9 Å². The summed E-state index contributed by atoms with van der Waals surface area (Å²) >= 11 is 0. The minimum absolute atomic E-state index is 0.294. The number of carboxylic acids is 1. The maximum Gasteiger partial charge on any atom is 0.335 e. The van der Waals surface area contributed by atoms with Gasteiger partial charge < -0.3 is 14.9 Å². The average Bonchev–Trinajstić information content (AvgIpc) is 2.98. The molecule has 5 heteroatoms. The molecule has 5 nitrogen and oxygen atoms in total. The lowest BCUT2D eigenvalue weighted by atomic mass is 9.90. The Morgan fingerprint density at radius 3 is 2.57 bits per heavy atom. The van der Waals surface area contributed by atoms with Crippen LogP contribution in [0.25, 0.3) is 0 Å². The van der Waals surface area contributed by atoms with Crippen LogP contribution in [0, 0.1) is 0 Å². The predicted octanol–water partition coefficient (Wildman–Crippen LogP) is 2.19. The van der Waals surface area contributed by atoms with Gasteiger partial charge in [0.15, 0.2) is 0 Å². The zero-order valence-corrected chi connectivity index (χ0v) is 13.4. The molecule has 0 spiro atoms. The fourth-order valence-corrected chi connectivity index (χ4v) is 3.63. The van der Waals surface area contributed by atoms with Crippen LogP contribution < -0.4 is 0 Å². The Balaban J connectivity index is 1.55. The van der Waals surface area contributed by atoms with E-state index in [2.05, 4.69) is 4.90 Å². The summed E-state index contributed by atoms with van der Waals surface area (Å²) in [5.74, 6) is -0.124. The summed E-state index contributed by atoms with van der Waals surface area (Å²) in [7, 11) is 0. The van der Waals surface area contributed by atoms with Crippen LogP contribution in [0.5, 0.6) is 0 Å². The minimum atomic E-state index is -0.878. The highest BCUT2D eigenvalue weighted by Gasteiger charge is 2.24. The number of amides is 1. The third-order valence-corrected chi connectivity index (χ3v) is 4.99. The van der Waals surface area contributed by atoms with Crippen molar-refractivity contribution < 1.29 is 14.7 Å². The van der Waals surface area contributed by atoms with E-state index in [0.29, 0.717) is 23.8 Å². The van der Waals surface area contributed by atoms with Crippen molar-refractivity contribution in [3.63, 3.8) is 0 Å². The molecule has 0 radical (unpaired) electrons. The molecule has 0 aliphatic carbocycles. The fraction of sp³-hybridized carbons (Fsp3) is 0.556. The monoisotopic (exact) mass is 316 g/mol. The van der Waals surface area contributed by atoms with Gasteiger partial charge >= 0.3 is 5.97 Å². The molecule has 3 rings (SSSR count). The van der Waals surface area contributed by atoms with Crippen LogP contribution >= 0.6 is 0 Å². The third-order valence-electron chi connectivity index (χ3n) is 4.99. The number of nitrogens with zero attached hydrogens (tertiary/aromatic N) is 2. The number of rotatable bonds is 5. The van der Waals surface area contributed by atoms with Gasteiger partial charge in [0.25, 0.3) is 0 Å². The molecule has 0 bridgehead atoms. The number of hydrogen-bond acceptors (Lipinski definition) is 3. The van der Waals surface area contributed by atoms with Crippen LogP contribution in [0.3, 0.4) is 0 Å². The zero-order chi connectivity index (χ0) is 16.2. The van der Waals surface area contributed by atoms with E-state index in [-0.39, 0.29) is 0 Å². The van der Waals surface area contributed by atoms with Gasteiger partial charge in [-0.3, -0.25) is 4.79 Å². The van der Waals surface area contributed by atoms with Crippen molar-refractivity contribution in [2.45, 2.75) is 31.6 Å². The molecular weight excluding hydrogens is 292 g/mol. The number of carbonyl (C=O) groups is 2. The molecule has 23 heavy (non-hydrogen) atoms. The summed E-state index contributed by atoms with van der Waals surface area (Å²) in [6, 6.07) is 7.28. The van der Waals surface area contributed by atoms with Gasteiger partial charge in [-0.2, -0.15) is 0 Å². The van der Waals surface area contributed by atoms with E-state index in [0.717, 1.165) is 52.0 Å². The normalized spacial score (nSPS) is 22.5. The summed E-state index contributed by atoms with van der Waals surface area (Å²) < 4.78 is 0. The molecule has 1 atom stereocenters. The van der Waals surface area contributed by atoms with Crippen molar-refractivity contribution in [3.8, 4) is 0 Å². The van der Waals surface area contributed by atoms with E-state index in [9.17, 15) is 9.59 Å². The quantitative estimate of drug-likeness (QED) is 0.904. The predicted molar refractivity (Wildman–Crippen MR) is 87.6 cm³/mol. The summed E-state index contributed by atoms with van der Waals surface area (Å²) in [6.07, 6.45) is 4.00. The molecule has 2 fully saturated rings. The molecule has 0 saturated carbocycles. The van der Waals surface area contributed by atoms with Gasteiger partial charge in [-0.05, 0) is 49.4 Å². The van der Waals surface area contributed by atoms with E-state index < -0.39 is 5.97 Å². The molecule has 1 unspecified atom stereocenters. The van der Waals surface area contributed by atoms with E-state index in [4.69, 9.17) is 5.11 Å². The number of likely N-dealkylation sites (tertiary alicyclic amines) is 2. The maximum absolute atomic E-state index is 11.7. The van der Waals surface area contributed by atoms with Gasteiger partial charge in [-0.15, -0.1) is 0 Å². The summed E-state index contributed by atoms with van der Waals surface area (Å²) in [5, 5.41) is 8.98. The van der Waals surface area contributed by atoms with E-state index >= 15 is 0 Å². The average molecular weight is 316 g/mol. The van der Waals surface area contributed by atoms with Gasteiger partial charge in [-0.1, -0.05) is 12.1 Å². The molecule has 1 N–H and O–H groups in total. The van der Waals surface area contributed by atoms with Gasteiger partial charge in [0.1, 0.15) is 0 Å². The first-order valence-electron chi connectivity index (χ1n) is 8.47. The molecule has 2 heterocycles. The highest BCUT2D eigenvalue weighted by molar-refractivity contribution is 5.87. The first-order chi connectivity index (χ1) is 11.1. The Kier molecular flexibility index (Phi) is 4.96. The lowest BCUT2D eigenvalue weighted by molar-refractivity contribution is -0.127. The lowest BCUT2D eigenvalue weighted by Crippen LogP contribution is -2.40.